The van der Waals surface area contributed by atoms with Crippen LogP contribution in [0.15, 0.2) is 29.7 Å². The maximum atomic E-state index is 10.8. The highest BCUT2D eigenvalue weighted by atomic mass is 32.1. The lowest BCUT2D eigenvalue weighted by atomic mass is 9.73. The summed E-state index contributed by atoms with van der Waals surface area (Å²) in [6.07, 6.45) is 6.78. The molecule has 2 unspecified atom stereocenters. The fraction of sp³-hybridized carbons (Fsp3) is 0.412. The summed E-state index contributed by atoms with van der Waals surface area (Å²) in [7, 11) is 0. The van der Waals surface area contributed by atoms with Crippen LogP contribution in [-0.2, 0) is 0 Å². The van der Waals surface area contributed by atoms with E-state index in [0.29, 0.717) is 17.1 Å². The average Bonchev–Trinajstić information content (AvgIpc) is 2.83. The Morgan fingerprint density at radius 3 is 2.50 bits per heavy atom. The molecule has 0 spiro atoms. The van der Waals surface area contributed by atoms with E-state index in [0.717, 1.165) is 5.57 Å². The first-order valence-corrected chi connectivity index (χ1v) is 7.78. The molecule has 0 amide bonds. The molecular formula is C17H23N3OS. The van der Waals surface area contributed by atoms with Gasteiger partial charge in [0, 0.05) is 5.92 Å². The lowest BCUT2D eigenvalue weighted by Gasteiger charge is -2.35. The number of hydrogen-bond acceptors (Lipinski definition) is 4. The van der Waals surface area contributed by atoms with Crippen molar-refractivity contribution in [2.75, 3.05) is 0 Å². The van der Waals surface area contributed by atoms with Crippen molar-refractivity contribution in [1.82, 2.24) is 15.0 Å². The van der Waals surface area contributed by atoms with Crippen molar-refractivity contribution in [1.29, 1.82) is 0 Å². The quantitative estimate of drug-likeness (QED) is 0.837. The van der Waals surface area contributed by atoms with Crippen LogP contribution in [0.5, 0.6) is 0 Å². The van der Waals surface area contributed by atoms with Gasteiger partial charge in [0.1, 0.15) is 17.5 Å². The minimum absolute atomic E-state index is 0.00884. The number of aliphatic hydroxyl groups is 1. The van der Waals surface area contributed by atoms with Crippen molar-refractivity contribution in [3.05, 3.63) is 41.1 Å². The van der Waals surface area contributed by atoms with Gasteiger partial charge in [0.2, 0.25) is 0 Å². The molecule has 1 aromatic rings. The van der Waals surface area contributed by atoms with Crippen molar-refractivity contribution < 1.29 is 5.11 Å². The molecule has 0 aromatic carbocycles. The Labute approximate surface area is 137 Å². The third kappa shape index (κ3) is 3.25. The van der Waals surface area contributed by atoms with Gasteiger partial charge in [-0.15, -0.1) is 10.2 Å². The number of thiol groups is 1. The third-order valence-corrected chi connectivity index (χ3v) is 3.93. The Bertz CT molecular complexity index is 662. The minimum Gasteiger partial charge on any atom is -0.386 e. The van der Waals surface area contributed by atoms with Crippen LogP contribution in [0.2, 0.25) is 0 Å². The third-order valence-electron chi connectivity index (χ3n) is 3.79. The Kier molecular flexibility index (Phi) is 4.78. The number of allylic oxidation sites excluding steroid dienone is 2. The molecule has 0 radical (unpaired) electrons. The number of aromatic nitrogens is 3. The highest BCUT2D eigenvalue weighted by Crippen LogP contribution is 2.37. The number of rotatable bonds is 3. The second-order valence-corrected chi connectivity index (χ2v) is 6.89. The maximum Gasteiger partial charge on any atom is 0.114 e. The minimum atomic E-state index is -0.651. The van der Waals surface area contributed by atoms with Gasteiger partial charge >= 0.3 is 0 Å². The first-order valence-electron chi connectivity index (χ1n) is 7.27. The molecule has 1 aliphatic rings. The highest BCUT2D eigenvalue weighted by molar-refractivity contribution is 7.83. The summed E-state index contributed by atoms with van der Waals surface area (Å²) in [6.45, 7) is 12.1. The van der Waals surface area contributed by atoms with E-state index < -0.39 is 6.10 Å². The molecule has 4 nitrogen and oxygen atoms in total. The lowest BCUT2D eigenvalue weighted by molar-refractivity contribution is 0.108. The summed E-state index contributed by atoms with van der Waals surface area (Å²) < 4.78 is 0. The zero-order valence-electron chi connectivity index (χ0n) is 13.5. The molecule has 1 heterocycles. The summed E-state index contributed by atoms with van der Waals surface area (Å²) in [4.78, 5) is 1.50. The topological polar surface area (TPSA) is 50.9 Å². The van der Waals surface area contributed by atoms with Gasteiger partial charge in [-0.1, -0.05) is 39.0 Å². The van der Waals surface area contributed by atoms with Crippen LogP contribution < -0.4 is 0 Å². The predicted octanol–water partition coefficient (Wildman–Crippen LogP) is 3.65. The van der Waals surface area contributed by atoms with Gasteiger partial charge in [0.05, 0.1) is 5.70 Å². The molecule has 0 fully saturated rings. The molecule has 0 bridgehead atoms. The van der Waals surface area contributed by atoms with Crippen molar-refractivity contribution in [3.63, 3.8) is 0 Å². The van der Waals surface area contributed by atoms with E-state index in [9.17, 15) is 5.11 Å². The monoisotopic (exact) mass is 317 g/mol. The summed E-state index contributed by atoms with van der Waals surface area (Å²) >= 11 is 4.07. The van der Waals surface area contributed by atoms with Crippen LogP contribution in [0.3, 0.4) is 0 Å². The normalized spacial score (nSPS) is 22.6. The van der Waals surface area contributed by atoms with Crippen molar-refractivity contribution in [3.8, 4) is 0 Å². The SMILES string of the molecule is C=Cc1nn(C2=CC(C)=CC(C(C)(C)C)C2O)nc1/C=C/S. The van der Waals surface area contributed by atoms with Crippen LogP contribution >= 0.6 is 12.6 Å². The molecule has 0 saturated carbocycles. The van der Waals surface area contributed by atoms with Gasteiger partial charge < -0.3 is 5.11 Å². The van der Waals surface area contributed by atoms with Gasteiger partial charge in [0.25, 0.3) is 0 Å². The molecule has 22 heavy (non-hydrogen) atoms. The molecule has 0 saturated heterocycles. The van der Waals surface area contributed by atoms with E-state index >= 15 is 0 Å². The predicted molar refractivity (Wildman–Crippen MR) is 95.1 cm³/mol. The zero-order valence-corrected chi connectivity index (χ0v) is 14.4. The highest BCUT2D eigenvalue weighted by Gasteiger charge is 2.35. The fourth-order valence-corrected chi connectivity index (χ4v) is 2.75. The first-order chi connectivity index (χ1) is 10.3. The summed E-state index contributed by atoms with van der Waals surface area (Å²) in [6, 6.07) is 0. The molecule has 1 N–H and O–H groups in total. The standard InChI is InChI=1S/C17H23N3OS/c1-6-13-14(7-8-22)19-20(18-13)15-10-11(2)9-12(16(15)21)17(3,4)5/h6-10,12,16,21-22H,1H2,2-5H3/b8-7+. The Balaban J connectivity index is 2.48. The van der Waals surface area contributed by atoms with Crippen LogP contribution in [-0.4, -0.2) is 26.2 Å². The molecule has 2 rings (SSSR count). The molecule has 0 aliphatic heterocycles. The first kappa shape index (κ1) is 16.8. The molecular weight excluding hydrogens is 294 g/mol. The van der Waals surface area contributed by atoms with Crippen molar-refractivity contribution >= 4 is 30.5 Å². The summed E-state index contributed by atoms with van der Waals surface area (Å²) in [5.41, 5.74) is 3.07. The Morgan fingerprint density at radius 2 is 1.95 bits per heavy atom. The maximum absolute atomic E-state index is 10.8. The number of hydrogen-bond donors (Lipinski definition) is 2. The van der Waals surface area contributed by atoms with Gasteiger partial charge in [-0.05, 0) is 36.0 Å². The van der Waals surface area contributed by atoms with E-state index in [1.807, 2.05) is 13.0 Å². The van der Waals surface area contributed by atoms with E-state index in [2.05, 4.69) is 56.3 Å². The van der Waals surface area contributed by atoms with Gasteiger partial charge in [0.15, 0.2) is 0 Å². The molecule has 1 aliphatic carbocycles. The summed E-state index contributed by atoms with van der Waals surface area (Å²) in [5, 5.41) is 21.2. The van der Waals surface area contributed by atoms with Gasteiger partial charge in [-0.25, -0.2) is 0 Å². The zero-order chi connectivity index (χ0) is 16.5. The van der Waals surface area contributed by atoms with Gasteiger partial charge in [-0.2, -0.15) is 17.4 Å². The van der Waals surface area contributed by atoms with Gasteiger partial charge in [-0.3, -0.25) is 0 Å². The number of nitrogens with zero attached hydrogens (tertiary/aromatic N) is 3. The van der Waals surface area contributed by atoms with E-state index in [1.54, 1.807) is 17.6 Å². The largest absolute Gasteiger partial charge is 0.386 e. The van der Waals surface area contributed by atoms with Crippen LogP contribution in [0.4, 0.5) is 0 Å². The molecule has 5 heteroatoms. The molecule has 1 aromatic heterocycles. The van der Waals surface area contributed by atoms with Crippen LogP contribution in [0.25, 0.3) is 17.8 Å². The molecule has 2 atom stereocenters. The Morgan fingerprint density at radius 1 is 1.32 bits per heavy atom. The second kappa shape index (κ2) is 6.26. The number of aliphatic hydroxyl groups excluding tert-OH is 1. The van der Waals surface area contributed by atoms with Crippen LogP contribution in [0, 0.1) is 11.3 Å². The lowest BCUT2D eigenvalue weighted by Crippen LogP contribution is -2.35. The fourth-order valence-electron chi connectivity index (χ4n) is 2.60. The van der Waals surface area contributed by atoms with E-state index in [-0.39, 0.29) is 11.3 Å². The Hall–Kier alpha value is -1.59. The van der Waals surface area contributed by atoms with E-state index in [4.69, 9.17) is 0 Å². The van der Waals surface area contributed by atoms with Crippen LogP contribution in [0.1, 0.15) is 39.1 Å². The van der Waals surface area contributed by atoms with Crippen molar-refractivity contribution in [2.24, 2.45) is 11.3 Å². The summed E-state index contributed by atoms with van der Waals surface area (Å²) in [5.74, 6) is 0.00884. The smallest absolute Gasteiger partial charge is 0.114 e. The van der Waals surface area contributed by atoms with Crippen molar-refractivity contribution in [2.45, 2.75) is 33.8 Å². The molecule has 118 valence electrons. The van der Waals surface area contributed by atoms with E-state index in [1.165, 1.54) is 4.80 Å². The second-order valence-electron chi connectivity index (χ2n) is 6.60. The average molecular weight is 317 g/mol.